The van der Waals surface area contributed by atoms with Gasteiger partial charge < -0.3 is 14.0 Å². The SMILES string of the molecule is C[C@H](NP(=O)(Cl)Oc1ccccc1)C(=O)OCCCC(=O)OCc1ccccc1. The second-order valence-electron chi connectivity index (χ2n) is 6.15. The first-order valence-corrected chi connectivity index (χ1v) is 11.6. The van der Waals surface area contributed by atoms with E-state index in [-0.39, 0.29) is 25.6 Å². The van der Waals surface area contributed by atoms with Crippen molar-refractivity contribution in [3.05, 3.63) is 66.2 Å². The highest BCUT2D eigenvalue weighted by Crippen LogP contribution is 2.48. The van der Waals surface area contributed by atoms with Crippen molar-refractivity contribution in [3.63, 3.8) is 0 Å². The summed E-state index contributed by atoms with van der Waals surface area (Å²) in [5, 5.41) is 2.43. The van der Waals surface area contributed by atoms with E-state index in [1.165, 1.54) is 6.92 Å². The van der Waals surface area contributed by atoms with Gasteiger partial charge in [0.2, 0.25) is 0 Å². The molecule has 0 aromatic heterocycles. The average molecular weight is 440 g/mol. The Bertz CT molecular complexity index is 833. The standard InChI is InChI=1S/C20H23ClNO6P/c1-16(22-29(21,25)28-18-11-6-3-7-12-18)20(24)26-14-8-13-19(23)27-15-17-9-4-2-5-10-17/h2-7,9-12,16H,8,13-15H2,1H3,(H,22,25)/t16-,29?/m0/s1. The van der Waals surface area contributed by atoms with Crippen LogP contribution in [-0.2, 0) is 30.2 Å². The van der Waals surface area contributed by atoms with Gasteiger partial charge >= 0.3 is 18.8 Å². The van der Waals surface area contributed by atoms with Gasteiger partial charge in [-0.3, -0.25) is 9.59 Å². The third-order valence-corrected chi connectivity index (χ3v) is 5.32. The summed E-state index contributed by atoms with van der Waals surface area (Å²) in [5.41, 5.74) is 0.899. The molecule has 7 nitrogen and oxygen atoms in total. The first kappa shape index (κ1) is 22.9. The Morgan fingerprint density at radius 3 is 2.31 bits per heavy atom. The number of carbonyl (C=O) groups is 2. The molecule has 0 aliphatic heterocycles. The highest BCUT2D eigenvalue weighted by molar-refractivity contribution is 7.84. The fourth-order valence-corrected chi connectivity index (χ4v) is 3.94. The predicted octanol–water partition coefficient (Wildman–Crippen LogP) is 4.46. The molecule has 0 fully saturated rings. The summed E-state index contributed by atoms with van der Waals surface area (Å²) < 4.78 is 27.7. The zero-order chi connectivity index (χ0) is 21.1. The summed E-state index contributed by atoms with van der Waals surface area (Å²) in [5.74, 6) is -0.717. The fraction of sp³-hybridized carbons (Fsp3) is 0.300. The third kappa shape index (κ3) is 9.13. The maximum Gasteiger partial charge on any atom is 0.409 e. The molecule has 0 amide bonds. The van der Waals surface area contributed by atoms with Gasteiger partial charge in [0, 0.05) is 17.7 Å². The summed E-state index contributed by atoms with van der Waals surface area (Å²) in [7, 11) is 0. The number of nitrogens with one attached hydrogen (secondary N) is 1. The van der Waals surface area contributed by atoms with Crippen LogP contribution >= 0.6 is 18.1 Å². The first-order chi connectivity index (χ1) is 13.9. The minimum absolute atomic E-state index is 0.0252. The molecule has 0 aliphatic rings. The molecule has 0 saturated heterocycles. The normalized spacial score (nSPS) is 13.7. The topological polar surface area (TPSA) is 90.9 Å². The highest BCUT2D eigenvalue weighted by atomic mass is 35.7. The number of hydrogen-bond donors (Lipinski definition) is 1. The summed E-state index contributed by atoms with van der Waals surface area (Å²) in [4.78, 5) is 23.7. The van der Waals surface area contributed by atoms with Crippen molar-refractivity contribution in [1.29, 1.82) is 0 Å². The number of halogens is 1. The van der Waals surface area contributed by atoms with Crippen LogP contribution in [0, 0.1) is 0 Å². The molecule has 0 spiro atoms. The largest absolute Gasteiger partial charge is 0.465 e. The molecule has 0 heterocycles. The second-order valence-corrected chi connectivity index (χ2v) is 8.89. The Labute approximate surface area is 174 Å². The lowest BCUT2D eigenvalue weighted by Gasteiger charge is -2.18. The van der Waals surface area contributed by atoms with Crippen molar-refractivity contribution in [2.75, 3.05) is 6.61 Å². The number of para-hydroxylation sites is 1. The average Bonchev–Trinajstić information content (AvgIpc) is 2.70. The molecule has 9 heteroatoms. The van der Waals surface area contributed by atoms with Crippen LogP contribution in [0.2, 0.25) is 0 Å². The van der Waals surface area contributed by atoms with Gasteiger partial charge in [0.1, 0.15) is 18.4 Å². The lowest BCUT2D eigenvalue weighted by Crippen LogP contribution is -2.33. The molecule has 0 saturated carbocycles. The van der Waals surface area contributed by atoms with Gasteiger partial charge in [-0.2, -0.15) is 0 Å². The Balaban J connectivity index is 1.63. The summed E-state index contributed by atoms with van der Waals surface area (Å²) in [6.07, 6.45) is 0.429. The summed E-state index contributed by atoms with van der Waals surface area (Å²) in [6, 6.07) is 16.7. The van der Waals surface area contributed by atoms with Crippen molar-refractivity contribution in [2.24, 2.45) is 0 Å². The lowest BCUT2D eigenvalue weighted by atomic mass is 10.2. The van der Waals surface area contributed by atoms with Crippen LogP contribution in [0.3, 0.4) is 0 Å². The van der Waals surface area contributed by atoms with E-state index in [1.54, 1.807) is 30.3 Å². The van der Waals surface area contributed by atoms with Crippen LogP contribution in [0.15, 0.2) is 60.7 Å². The van der Waals surface area contributed by atoms with Gasteiger partial charge in [0.15, 0.2) is 0 Å². The minimum atomic E-state index is -3.77. The lowest BCUT2D eigenvalue weighted by molar-refractivity contribution is -0.149. The molecular weight excluding hydrogens is 417 g/mol. The molecule has 2 aromatic rings. The van der Waals surface area contributed by atoms with E-state index in [0.717, 1.165) is 5.56 Å². The monoisotopic (exact) mass is 439 g/mol. The molecule has 1 unspecified atom stereocenters. The van der Waals surface area contributed by atoms with Crippen LogP contribution in [0.5, 0.6) is 5.75 Å². The van der Waals surface area contributed by atoms with Crippen molar-refractivity contribution in [1.82, 2.24) is 5.09 Å². The van der Waals surface area contributed by atoms with Crippen molar-refractivity contribution < 1.29 is 28.2 Å². The minimum Gasteiger partial charge on any atom is -0.465 e. The van der Waals surface area contributed by atoms with Crippen molar-refractivity contribution in [2.45, 2.75) is 32.4 Å². The van der Waals surface area contributed by atoms with E-state index in [9.17, 15) is 14.2 Å². The molecule has 2 atom stereocenters. The molecule has 0 radical (unpaired) electrons. The number of benzene rings is 2. The zero-order valence-corrected chi connectivity index (χ0v) is 17.6. The molecule has 0 aliphatic carbocycles. The third-order valence-electron chi connectivity index (χ3n) is 3.68. The number of rotatable bonds is 11. The maximum absolute atomic E-state index is 12.3. The van der Waals surface area contributed by atoms with Crippen LogP contribution in [-0.4, -0.2) is 24.6 Å². The molecule has 29 heavy (non-hydrogen) atoms. The van der Waals surface area contributed by atoms with Crippen molar-refractivity contribution >= 4 is 30.1 Å². The van der Waals surface area contributed by atoms with Gasteiger partial charge in [-0.15, -0.1) is 0 Å². The van der Waals surface area contributed by atoms with E-state index < -0.39 is 18.9 Å². The summed E-state index contributed by atoms with van der Waals surface area (Å²) in [6.45, 7) is -2.09. The Kier molecular flexibility index (Phi) is 9.19. The molecule has 156 valence electrons. The van der Waals surface area contributed by atoms with Crippen LogP contribution in [0.25, 0.3) is 0 Å². The predicted molar refractivity (Wildman–Crippen MR) is 110 cm³/mol. The van der Waals surface area contributed by atoms with Gasteiger partial charge in [-0.1, -0.05) is 48.5 Å². The molecule has 0 bridgehead atoms. The van der Waals surface area contributed by atoms with Crippen LogP contribution < -0.4 is 9.61 Å². The van der Waals surface area contributed by atoms with Crippen LogP contribution in [0.1, 0.15) is 25.3 Å². The van der Waals surface area contributed by atoms with E-state index in [4.69, 9.17) is 25.2 Å². The maximum atomic E-state index is 12.3. The summed E-state index contributed by atoms with van der Waals surface area (Å²) >= 11 is 5.85. The molecule has 1 N–H and O–H groups in total. The molecular formula is C20H23ClNO6P. The first-order valence-electron chi connectivity index (χ1n) is 9.04. The quantitative estimate of drug-likeness (QED) is 0.314. The highest BCUT2D eigenvalue weighted by Gasteiger charge is 2.28. The Morgan fingerprint density at radius 2 is 1.66 bits per heavy atom. The van der Waals surface area contributed by atoms with Gasteiger partial charge in [0.05, 0.1) is 6.61 Å². The Hall–Kier alpha value is -2.34. The molecule has 2 aromatic carbocycles. The zero-order valence-electron chi connectivity index (χ0n) is 16.0. The smallest absolute Gasteiger partial charge is 0.409 e. The fourth-order valence-electron chi connectivity index (χ4n) is 2.25. The van der Waals surface area contributed by atoms with E-state index in [1.807, 2.05) is 30.3 Å². The van der Waals surface area contributed by atoms with Crippen molar-refractivity contribution in [3.8, 4) is 5.75 Å². The number of carbonyl (C=O) groups excluding carboxylic acids is 2. The van der Waals surface area contributed by atoms with E-state index in [2.05, 4.69) is 5.09 Å². The van der Waals surface area contributed by atoms with Gasteiger partial charge in [0.25, 0.3) is 0 Å². The second kappa shape index (κ2) is 11.6. The van der Waals surface area contributed by atoms with E-state index >= 15 is 0 Å². The number of hydrogen-bond acceptors (Lipinski definition) is 6. The van der Waals surface area contributed by atoms with Gasteiger partial charge in [-0.05, 0) is 31.0 Å². The number of ether oxygens (including phenoxy) is 2. The Morgan fingerprint density at radius 1 is 1.03 bits per heavy atom. The molecule has 2 rings (SSSR count). The van der Waals surface area contributed by atoms with E-state index in [0.29, 0.717) is 12.2 Å². The number of esters is 2. The van der Waals surface area contributed by atoms with Gasteiger partial charge in [-0.25, -0.2) is 9.65 Å². The van der Waals surface area contributed by atoms with Crippen LogP contribution in [0.4, 0.5) is 0 Å².